The lowest BCUT2D eigenvalue weighted by Gasteiger charge is -2.13. The van der Waals surface area contributed by atoms with Crippen LogP contribution in [0.4, 0.5) is 0 Å². The van der Waals surface area contributed by atoms with Gasteiger partial charge in [-0.25, -0.2) is 4.98 Å². The van der Waals surface area contributed by atoms with Crippen molar-refractivity contribution >= 4 is 22.8 Å². The van der Waals surface area contributed by atoms with Crippen LogP contribution in [-0.4, -0.2) is 27.6 Å². The normalized spacial score (nSPS) is 12.9. The highest BCUT2D eigenvalue weighted by Crippen LogP contribution is 2.31. The molecule has 0 radical (unpaired) electrons. The molecule has 5 nitrogen and oxygen atoms in total. The molecule has 2 rings (SSSR count). The topological polar surface area (TPSA) is 67.9 Å². The molecule has 2 aromatic rings. The van der Waals surface area contributed by atoms with Crippen LogP contribution in [0, 0.1) is 0 Å². The zero-order valence-electron chi connectivity index (χ0n) is 13.5. The van der Waals surface area contributed by atoms with E-state index < -0.39 is 0 Å². The van der Waals surface area contributed by atoms with Crippen molar-refractivity contribution in [2.75, 3.05) is 0 Å². The minimum absolute atomic E-state index is 0.0574. The van der Waals surface area contributed by atoms with Crippen LogP contribution in [0.5, 0.6) is 5.88 Å². The predicted molar refractivity (Wildman–Crippen MR) is 92.3 cm³/mol. The summed E-state index contributed by atoms with van der Waals surface area (Å²) in [4.78, 5) is 15.2. The summed E-state index contributed by atoms with van der Waals surface area (Å²) in [7, 11) is 0. The van der Waals surface area contributed by atoms with Crippen molar-refractivity contribution in [1.29, 1.82) is 0 Å². The van der Waals surface area contributed by atoms with Crippen molar-refractivity contribution < 1.29 is 9.53 Å². The standard InChI is InChI=1S/C18H21N3O2/c1-5-7-13(4)23-18-16-15(8-9-19-18)20-21-17(16)14(6-2)10-12(3)11-22/h6,8-11,13H,2-3,5,7H2,1,4H3,(H,20,21)/b14-10+. The Hall–Kier alpha value is -2.69. The maximum Gasteiger partial charge on any atom is 0.225 e. The van der Waals surface area contributed by atoms with Gasteiger partial charge in [0.2, 0.25) is 5.88 Å². The lowest BCUT2D eigenvalue weighted by Crippen LogP contribution is -2.12. The highest BCUT2D eigenvalue weighted by Gasteiger charge is 2.16. The Morgan fingerprint density at radius 2 is 2.30 bits per heavy atom. The van der Waals surface area contributed by atoms with Crippen LogP contribution in [-0.2, 0) is 4.79 Å². The Balaban J connectivity index is 2.53. The van der Waals surface area contributed by atoms with E-state index in [1.807, 2.05) is 13.0 Å². The Morgan fingerprint density at radius 1 is 1.52 bits per heavy atom. The second-order valence-corrected chi connectivity index (χ2v) is 5.32. The number of nitrogens with zero attached hydrogens (tertiary/aromatic N) is 2. The Labute approximate surface area is 135 Å². The molecule has 0 amide bonds. The summed E-state index contributed by atoms with van der Waals surface area (Å²) in [5.74, 6) is 0.525. The molecule has 1 N–H and O–H groups in total. The van der Waals surface area contributed by atoms with E-state index in [0.717, 1.165) is 23.7 Å². The van der Waals surface area contributed by atoms with Crippen molar-refractivity contribution in [3.63, 3.8) is 0 Å². The molecule has 0 saturated heterocycles. The first kappa shape index (κ1) is 16.7. The molecule has 1 unspecified atom stereocenters. The van der Waals surface area contributed by atoms with Crippen LogP contribution < -0.4 is 4.74 Å². The maximum absolute atomic E-state index is 10.8. The fourth-order valence-corrected chi connectivity index (χ4v) is 2.35. The lowest BCUT2D eigenvalue weighted by atomic mass is 10.1. The van der Waals surface area contributed by atoms with Gasteiger partial charge in [0.1, 0.15) is 12.0 Å². The SMILES string of the molecule is C=C/C(=C\C(=C)C=O)c1n[nH]c2ccnc(OC(C)CCC)c12. The number of pyridine rings is 1. The summed E-state index contributed by atoms with van der Waals surface area (Å²) in [6.45, 7) is 11.6. The number of aromatic nitrogens is 3. The smallest absolute Gasteiger partial charge is 0.225 e. The fraction of sp³-hybridized carbons (Fsp3) is 0.278. The summed E-state index contributed by atoms with van der Waals surface area (Å²) in [5.41, 5.74) is 2.50. The molecule has 2 aromatic heterocycles. The minimum atomic E-state index is 0.0574. The molecule has 0 aromatic carbocycles. The third kappa shape index (κ3) is 3.74. The highest BCUT2D eigenvalue weighted by atomic mass is 16.5. The minimum Gasteiger partial charge on any atom is -0.474 e. The molecular weight excluding hydrogens is 290 g/mol. The molecule has 2 heterocycles. The van der Waals surface area contributed by atoms with Crippen LogP contribution in [0.15, 0.2) is 43.1 Å². The van der Waals surface area contributed by atoms with Gasteiger partial charge in [-0.3, -0.25) is 9.89 Å². The molecule has 5 heteroatoms. The van der Waals surface area contributed by atoms with Gasteiger partial charge in [-0.1, -0.05) is 32.6 Å². The third-order valence-electron chi connectivity index (χ3n) is 3.43. The average Bonchev–Trinajstić information content (AvgIpc) is 2.97. The van der Waals surface area contributed by atoms with Crippen molar-refractivity contribution in [3.8, 4) is 5.88 Å². The lowest BCUT2D eigenvalue weighted by molar-refractivity contribution is -0.104. The molecular formula is C18H21N3O2. The van der Waals surface area contributed by atoms with Crippen molar-refractivity contribution in [2.24, 2.45) is 0 Å². The number of carbonyl (C=O) groups is 1. The largest absolute Gasteiger partial charge is 0.474 e. The Kier molecular flexibility index (Phi) is 5.46. The van der Waals surface area contributed by atoms with Crippen molar-refractivity contribution in [1.82, 2.24) is 15.2 Å². The average molecular weight is 311 g/mol. The monoisotopic (exact) mass is 311 g/mol. The molecule has 23 heavy (non-hydrogen) atoms. The molecule has 1 atom stereocenters. The van der Waals surface area contributed by atoms with Gasteiger partial charge >= 0.3 is 0 Å². The van der Waals surface area contributed by atoms with Crippen molar-refractivity contribution in [3.05, 3.63) is 48.8 Å². The van der Waals surface area contributed by atoms with Crippen LogP contribution in [0.25, 0.3) is 16.5 Å². The molecule has 0 fully saturated rings. The number of hydrogen-bond donors (Lipinski definition) is 1. The van der Waals surface area contributed by atoms with Gasteiger partial charge in [-0.2, -0.15) is 5.10 Å². The van der Waals surface area contributed by atoms with Crippen LogP contribution in [0.1, 0.15) is 32.4 Å². The zero-order valence-corrected chi connectivity index (χ0v) is 13.5. The molecule has 0 aliphatic carbocycles. The summed E-state index contributed by atoms with van der Waals surface area (Å²) in [5, 5.41) is 8.07. The number of aldehydes is 1. The van der Waals surface area contributed by atoms with Crippen LogP contribution in [0.2, 0.25) is 0 Å². The summed E-state index contributed by atoms with van der Waals surface area (Å²) >= 11 is 0. The third-order valence-corrected chi connectivity index (χ3v) is 3.43. The molecule has 120 valence electrons. The van der Waals surface area contributed by atoms with E-state index in [4.69, 9.17) is 4.74 Å². The summed E-state index contributed by atoms with van der Waals surface area (Å²) in [6.07, 6.45) is 7.68. The number of carbonyl (C=O) groups excluding carboxylic acids is 1. The molecule has 0 aliphatic rings. The summed E-state index contributed by atoms with van der Waals surface area (Å²) in [6, 6.07) is 1.83. The van der Waals surface area contributed by atoms with Gasteiger partial charge in [0.05, 0.1) is 17.0 Å². The first-order valence-electron chi connectivity index (χ1n) is 7.59. The molecule has 0 saturated carbocycles. The number of nitrogens with one attached hydrogen (secondary N) is 1. The Bertz CT molecular complexity index is 759. The zero-order chi connectivity index (χ0) is 16.8. The number of allylic oxidation sites excluding steroid dienone is 4. The van der Waals surface area contributed by atoms with Crippen molar-refractivity contribution in [2.45, 2.75) is 32.8 Å². The maximum atomic E-state index is 10.8. The second-order valence-electron chi connectivity index (χ2n) is 5.32. The number of hydrogen-bond acceptors (Lipinski definition) is 4. The highest BCUT2D eigenvalue weighted by molar-refractivity contribution is 5.97. The van der Waals surface area contributed by atoms with Crippen LogP contribution in [0.3, 0.4) is 0 Å². The molecule has 0 bridgehead atoms. The molecule has 0 spiro atoms. The quantitative estimate of drug-likeness (QED) is 0.457. The Morgan fingerprint density at radius 3 is 2.96 bits per heavy atom. The predicted octanol–water partition coefficient (Wildman–Crippen LogP) is 3.85. The summed E-state index contributed by atoms with van der Waals surface area (Å²) < 4.78 is 5.97. The van der Waals surface area contributed by atoms with E-state index in [9.17, 15) is 4.79 Å². The number of fused-ring (bicyclic) bond motifs is 1. The van der Waals surface area contributed by atoms with E-state index in [1.165, 1.54) is 0 Å². The number of aromatic amines is 1. The number of ether oxygens (including phenoxy) is 1. The van der Waals surface area contributed by atoms with Gasteiger partial charge in [0.25, 0.3) is 0 Å². The second kappa shape index (κ2) is 7.54. The van der Waals surface area contributed by atoms with Gasteiger partial charge < -0.3 is 4.74 Å². The van der Waals surface area contributed by atoms with E-state index >= 15 is 0 Å². The number of rotatable bonds is 8. The van der Waals surface area contributed by atoms with Gasteiger partial charge in [0, 0.05) is 17.3 Å². The van der Waals surface area contributed by atoms with Gasteiger partial charge in [-0.15, -0.1) is 0 Å². The first-order chi connectivity index (χ1) is 11.1. The number of H-pyrrole nitrogens is 1. The van der Waals surface area contributed by atoms with E-state index in [1.54, 1.807) is 18.3 Å². The van der Waals surface area contributed by atoms with E-state index in [-0.39, 0.29) is 6.10 Å². The first-order valence-corrected chi connectivity index (χ1v) is 7.59. The molecule has 0 aliphatic heterocycles. The van der Waals surface area contributed by atoms with E-state index in [0.29, 0.717) is 29.0 Å². The van der Waals surface area contributed by atoms with Gasteiger partial charge in [0.15, 0.2) is 0 Å². The fourth-order valence-electron chi connectivity index (χ4n) is 2.35. The van der Waals surface area contributed by atoms with E-state index in [2.05, 4.69) is 35.3 Å². The van der Waals surface area contributed by atoms with Gasteiger partial charge in [-0.05, 0) is 25.5 Å². The van der Waals surface area contributed by atoms with Crippen LogP contribution >= 0.6 is 0 Å².